The van der Waals surface area contributed by atoms with Crippen LogP contribution in [0.5, 0.6) is 0 Å². The monoisotopic (exact) mass is 262 g/mol. The number of carboxylic acid groups (broad SMARTS) is 1. The molecule has 0 aromatic heterocycles. The van der Waals surface area contributed by atoms with Crippen molar-refractivity contribution in [2.45, 2.75) is 11.3 Å². The maximum absolute atomic E-state index is 13.0. The Morgan fingerprint density at radius 1 is 1.35 bits per heavy atom. The van der Waals surface area contributed by atoms with Crippen molar-refractivity contribution in [3.05, 3.63) is 29.6 Å². The highest BCUT2D eigenvalue weighted by Crippen LogP contribution is 2.17. The summed E-state index contributed by atoms with van der Waals surface area (Å²) < 4.78 is 36.3. The zero-order valence-electron chi connectivity index (χ0n) is 8.76. The molecular weight excluding hydrogens is 251 g/mol. The largest absolute Gasteiger partial charge is 0.478 e. The van der Waals surface area contributed by atoms with Crippen LogP contribution in [-0.4, -0.2) is 37.0 Å². The van der Waals surface area contributed by atoms with Crippen LogP contribution < -0.4 is 0 Å². The minimum Gasteiger partial charge on any atom is -0.478 e. The summed E-state index contributed by atoms with van der Waals surface area (Å²) in [6.45, 7) is -0.286. The maximum atomic E-state index is 13.0. The molecule has 0 spiro atoms. The molecule has 1 aromatic rings. The second-order valence-electron chi connectivity index (χ2n) is 3.34. The minimum atomic E-state index is -3.69. The van der Waals surface area contributed by atoms with Crippen LogP contribution in [-0.2, 0) is 9.84 Å². The van der Waals surface area contributed by atoms with E-state index in [-0.39, 0.29) is 23.7 Å². The summed E-state index contributed by atoms with van der Waals surface area (Å²) in [6.07, 6.45) is 0.0438. The molecule has 1 aromatic carbocycles. The Morgan fingerprint density at radius 2 is 2.00 bits per heavy atom. The molecule has 0 aliphatic carbocycles. The molecule has 0 heterocycles. The molecule has 0 bridgehead atoms. The van der Waals surface area contributed by atoms with Crippen LogP contribution in [0.2, 0.25) is 0 Å². The highest BCUT2D eigenvalue weighted by molar-refractivity contribution is 7.91. The third-order valence-electron chi connectivity index (χ3n) is 2.10. The van der Waals surface area contributed by atoms with Gasteiger partial charge in [0.15, 0.2) is 9.84 Å². The van der Waals surface area contributed by atoms with E-state index in [1.54, 1.807) is 0 Å². The highest BCUT2D eigenvalue weighted by atomic mass is 32.2. The number of aliphatic hydroxyl groups excluding tert-OH is 1. The molecule has 0 unspecified atom stereocenters. The van der Waals surface area contributed by atoms with Crippen molar-refractivity contribution >= 4 is 15.8 Å². The average molecular weight is 262 g/mol. The molecule has 0 fully saturated rings. The molecule has 0 atom stereocenters. The lowest BCUT2D eigenvalue weighted by atomic mass is 10.2. The van der Waals surface area contributed by atoms with E-state index in [2.05, 4.69) is 0 Å². The molecule has 5 nitrogen and oxygen atoms in total. The second-order valence-corrected chi connectivity index (χ2v) is 5.45. The molecule has 0 saturated heterocycles. The summed E-state index contributed by atoms with van der Waals surface area (Å²) in [6, 6.07) is 2.59. The number of halogens is 1. The number of aliphatic hydroxyl groups is 1. The summed E-state index contributed by atoms with van der Waals surface area (Å²) in [7, 11) is -3.69. The SMILES string of the molecule is O=C(O)c1cc(S(=O)(=O)CCCO)ccc1F. The van der Waals surface area contributed by atoms with Gasteiger partial charge in [-0.25, -0.2) is 17.6 Å². The Balaban J connectivity index is 3.16. The number of rotatable bonds is 5. The van der Waals surface area contributed by atoms with Crippen molar-refractivity contribution < 1.29 is 27.8 Å². The number of benzene rings is 1. The van der Waals surface area contributed by atoms with Crippen LogP contribution in [0.15, 0.2) is 23.1 Å². The Morgan fingerprint density at radius 3 is 2.53 bits per heavy atom. The fraction of sp³-hybridized carbons (Fsp3) is 0.300. The first kappa shape index (κ1) is 13.6. The molecule has 2 N–H and O–H groups in total. The first-order valence-corrected chi connectivity index (χ1v) is 6.40. The number of hydrogen-bond acceptors (Lipinski definition) is 4. The summed E-state index contributed by atoms with van der Waals surface area (Å²) in [5.74, 6) is -2.82. The molecule has 1 rings (SSSR count). The van der Waals surface area contributed by atoms with Crippen molar-refractivity contribution in [2.75, 3.05) is 12.4 Å². The number of carboxylic acids is 1. The van der Waals surface area contributed by atoms with Gasteiger partial charge in [0, 0.05) is 6.61 Å². The van der Waals surface area contributed by atoms with Crippen LogP contribution in [0.25, 0.3) is 0 Å². The van der Waals surface area contributed by atoms with Gasteiger partial charge in [-0.3, -0.25) is 0 Å². The van der Waals surface area contributed by atoms with Crippen LogP contribution >= 0.6 is 0 Å². The van der Waals surface area contributed by atoms with Gasteiger partial charge >= 0.3 is 5.97 Å². The van der Waals surface area contributed by atoms with Gasteiger partial charge in [-0.15, -0.1) is 0 Å². The van der Waals surface area contributed by atoms with Gasteiger partial charge in [-0.2, -0.15) is 0 Å². The molecule has 0 aliphatic rings. The Hall–Kier alpha value is -1.47. The van der Waals surface area contributed by atoms with Gasteiger partial charge in [0.05, 0.1) is 16.2 Å². The number of carbonyl (C=O) groups is 1. The lowest BCUT2D eigenvalue weighted by Gasteiger charge is -2.05. The van der Waals surface area contributed by atoms with Gasteiger partial charge in [0.2, 0.25) is 0 Å². The van der Waals surface area contributed by atoms with Gasteiger partial charge in [0.1, 0.15) is 5.82 Å². The fourth-order valence-electron chi connectivity index (χ4n) is 1.23. The number of aromatic carboxylic acids is 1. The smallest absolute Gasteiger partial charge is 0.338 e. The van der Waals surface area contributed by atoms with Gasteiger partial charge < -0.3 is 10.2 Å². The number of sulfone groups is 1. The average Bonchev–Trinajstić information content (AvgIpc) is 2.26. The number of hydrogen-bond donors (Lipinski definition) is 2. The van der Waals surface area contributed by atoms with E-state index < -0.39 is 27.2 Å². The molecule has 17 heavy (non-hydrogen) atoms. The molecule has 0 radical (unpaired) electrons. The van der Waals surface area contributed by atoms with Gasteiger partial charge in [-0.05, 0) is 24.6 Å². The van der Waals surface area contributed by atoms with E-state index in [1.165, 1.54) is 0 Å². The fourth-order valence-corrected chi connectivity index (χ4v) is 2.55. The Bertz CT molecular complexity index is 523. The Labute approximate surface area is 97.4 Å². The van der Waals surface area contributed by atoms with Crippen LogP contribution in [0.4, 0.5) is 4.39 Å². The van der Waals surface area contributed by atoms with E-state index in [1.807, 2.05) is 0 Å². The van der Waals surface area contributed by atoms with Crippen molar-refractivity contribution in [3.8, 4) is 0 Å². The molecule has 94 valence electrons. The van der Waals surface area contributed by atoms with E-state index >= 15 is 0 Å². The van der Waals surface area contributed by atoms with E-state index in [0.29, 0.717) is 0 Å². The van der Waals surface area contributed by atoms with Crippen LogP contribution in [0.3, 0.4) is 0 Å². The zero-order valence-corrected chi connectivity index (χ0v) is 9.58. The van der Waals surface area contributed by atoms with Crippen LogP contribution in [0, 0.1) is 5.82 Å². The molecule has 0 saturated carbocycles. The quantitative estimate of drug-likeness (QED) is 0.761. The van der Waals surface area contributed by atoms with Crippen molar-refractivity contribution in [1.29, 1.82) is 0 Å². The minimum absolute atomic E-state index is 0.0438. The standard InChI is InChI=1S/C10H11FO5S/c11-9-3-2-7(6-8(9)10(13)14)17(15,16)5-1-4-12/h2-3,6,12H,1,4-5H2,(H,13,14). The summed E-state index contributed by atoms with van der Waals surface area (Å²) in [5, 5.41) is 17.2. The summed E-state index contributed by atoms with van der Waals surface area (Å²) in [5.41, 5.74) is -0.685. The van der Waals surface area contributed by atoms with Crippen molar-refractivity contribution in [2.24, 2.45) is 0 Å². The van der Waals surface area contributed by atoms with Gasteiger partial charge in [0.25, 0.3) is 0 Å². The highest BCUT2D eigenvalue weighted by Gasteiger charge is 2.18. The molecule has 0 amide bonds. The van der Waals surface area contributed by atoms with Crippen molar-refractivity contribution in [3.63, 3.8) is 0 Å². The van der Waals surface area contributed by atoms with E-state index in [4.69, 9.17) is 10.2 Å². The third kappa shape index (κ3) is 3.24. The summed E-state index contributed by atoms with van der Waals surface area (Å²) >= 11 is 0. The van der Waals surface area contributed by atoms with E-state index in [0.717, 1.165) is 18.2 Å². The van der Waals surface area contributed by atoms with Gasteiger partial charge in [-0.1, -0.05) is 0 Å². The topological polar surface area (TPSA) is 91.7 Å². The second kappa shape index (κ2) is 5.24. The van der Waals surface area contributed by atoms with Crippen molar-refractivity contribution in [1.82, 2.24) is 0 Å². The van der Waals surface area contributed by atoms with E-state index in [9.17, 15) is 17.6 Å². The molecule has 0 aliphatic heterocycles. The lowest BCUT2D eigenvalue weighted by molar-refractivity contribution is 0.0691. The predicted molar refractivity (Wildman–Crippen MR) is 57.1 cm³/mol. The maximum Gasteiger partial charge on any atom is 0.338 e. The Kier molecular flexibility index (Phi) is 4.19. The predicted octanol–water partition coefficient (Wildman–Crippen LogP) is 0.680. The zero-order chi connectivity index (χ0) is 13.1. The third-order valence-corrected chi connectivity index (χ3v) is 3.90. The normalized spacial score (nSPS) is 11.4. The molecular formula is C10H11FO5S. The van der Waals surface area contributed by atoms with Crippen LogP contribution in [0.1, 0.15) is 16.8 Å². The first-order valence-electron chi connectivity index (χ1n) is 4.75. The summed E-state index contributed by atoms with van der Waals surface area (Å²) in [4.78, 5) is 10.4. The first-order chi connectivity index (χ1) is 7.88. The lowest BCUT2D eigenvalue weighted by Crippen LogP contribution is -2.10. The molecule has 7 heteroatoms.